The van der Waals surface area contributed by atoms with Gasteiger partial charge in [-0.05, 0) is 30.9 Å². The number of hydrogen-bond donors (Lipinski definition) is 0. The molecule has 0 amide bonds. The Morgan fingerprint density at radius 3 is 2.46 bits per heavy atom. The van der Waals surface area contributed by atoms with Gasteiger partial charge in [-0.2, -0.15) is 13.2 Å². The predicted octanol–water partition coefficient (Wildman–Crippen LogP) is 5.28. The Hall–Kier alpha value is -2.91. The van der Waals surface area contributed by atoms with E-state index in [9.17, 15) is 18.0 Å². The van der Waals surface area contributed by atoms with E-state index in [-0.39, 0.29) is 18.2 Å². The van der Waals surface area contributed by atoms with Crippen LogP contribution in [-0.4, -0.2) is 51.9 Å². The molecule has 35 heavy (non-hydrogen) atoms. The zero-order valence-electron chi connectivity index (χ0n) is 19.9. The molecule has 3 aromatic rings. The van der Waals surface area contributed by atoms with E-state index in [1.807, 2.05) is 24.3 Å². The molecule has 4 rings (SSSR count). The molecule has 3 heterocycles. The highest BCUT2D eigenvalue weighted by atomic mass is 19.4. The van der Waals surface area contributed by atoms with Crippen LogP contribution in [0.5, 0.6) is 0 Å². The van der Waals surface area contributed by atoms with Crippen LogP contribution >= 0.6 is 0 Å². The fraction of sp³-hybridized carbons (Fsp3) is 0.462. The third-order valence-corrected chi connectivity index (χ3v) is 6.15. The summed E-state index contributed by atoms with van der Waals surface area (Å²) in [4.78, 5) is 27.2. The third kappa shape index (κ3) is 6.21. The summed E-state index contributed by atoms with van der Waals surface area (Å²) in [5, 5.41) is 0.811. The molecule has 0 spiro atoms. The first-order valence-corrected chi connectivity index (χ1v) is 11.8. The SMILES string of the molecule is CC(C)Cc1ccc2c(C(=O)CCC(c3cnc(C(F)(F)F)nc3)N3CCOCC3)cccc2n1. The number of rotatable bonds is 8. The van der Waals surface area contributed by atoms with Crippen LogP contribution in [0.4, 0.5) is 13.2 Å². The smallest absolute Gasteiger partial charge is 0.379 e. The number of pyridine rings is 1. The summed E-state index contributed by atoms with van der Waals surface area (Å²) in [5.41, 5.74) is 2.95. The van der Waals surface area contributed by atoms with E-state index in [4.69, 9.17) is 9.72 Å². The lowest BCUT2D eigenvalue weighted by Crippen LogP contribution is -2.39. The first kappa shape index (κ1) is 25.2. The molecule has 0 N–H and O–H groups in total. The molecule has 1 aliphatic heterocycles. The molecule has 2 aromatic heterocycles. The van der Waals surface area contributed by atoms with Crippen LogP contribution in [0.1, 0.15) is 60.2 Å². The topological polar surface area (TPSA) is 68.2 Å². The fourth-order valence-corrected chi connectivity index (χ4v) is 4.48. The zero-order chi connectivity index (χ0) is 25.0. The molecule has 0 bridgehead atoms. The van der Waals surface area contributed by atoms with Gasteiger partial charge in [0.15, 0.2) is 5.78 Å². The number of benzene rings is 1. The minimum atomic E-state index is -4.60. The summed E-state index contributed by atoms with van der Waals surface area (Å²) in [6, 6.07) is 9.19. The van der Waals surface area contributed by atoms with Gasteiger partial charge in [0.2, 0.25) is 5.82 Å². The van der Waals surface area contributed by atoms with Crippen LogP contribution in [0.25, 0.3) is 10.9 Å². The number of carbonyl (C=O) groups is 1. The van der Waals surface area contributed by atoms with Gasteiger partial charge in [-0.25, -0.2) is 9.97 Å². The van der Waals surface area contributed by atoms with E-state index in [2.05, 4.69) is 28.7 Å². The molecular formula is C26H29F3N4O2. The Bertz CT molecular complexity index is 1160. The first-order chi connectivity index (χ1) is 16.7. The first-order valence-electron chi connectivity index (χ1n) is 11.8. The van der Waals surface area contributed by atoms with Gasteiger partial charge >= 0.3 is 6.18 Å². The normalized spacial score (nSPS) is 16.1. The monoisotopic (exact) mass is 486 g/mol. The molecule has 1 aliphatic rings. The Morgan fingerprint density at radius 1 is 1.09 bits per heavy atom. The summed E-state index contributed by atoms with van der Waals surface area (Å²) in [6.07, 6.45) is -0.624. The lowest BCUT2D eigenvalue weighted by molar-refractivity contribution is -0.145. The summed E-state index contributed by atoms with van der Waals surface area (Å²) in [5.74, 6) is -0.714. The molecule has 6 nitrogen and oxygen atoms in total. The van der Waals surface area contributed by atoms with Gasteiger partial charge < -0.3 is 4.74 Å². The van der Waals surface area contributed by atoms with Gasteiger partial charge in [0.25, 0.3) is 0 Å². The van der Waals surface area contributed by atoms with Crippen LogP contribution in [0.15, 0.2) is 42.7 Å². The van der Waals surface area contributed by atoms with Crippen molar-refractivity contribution in [2.75, 3.05) is 26.3 Å². The van der Waals surface area contributed by atoms with Crippen LogP contribution < -0.4 is 0 Å². The molecule has 1 atom stereocenters. The van der Waals surface area contributed by atoms with Crippen molar-refractivity contribution in [3.63, 3.8) is 0 Å². The minimum Gasteiger partial charge on any atom is -0.379 e. The number of Topliss-reactive ketones (excluding diaryl/α,β-unsaturated/α-hetero) is 1. The maximum absolute atomic E-state index is 13.3. The molecule has 0 aliphatic carbocycles. The van der Waals surface area contributed by atoms with E-state index in [1.54, 1.807) is 6.07 Å². The molecule has 9 heteroatoms. The Balaban J connectivity index is 1.54. The lowest BCUT2D eigenvalue weighted by Gasteiger charge is -2.34. The quantitative estimate of drug-likeness (QED) is 0.404. The van der Waals surface area contributed by atoms with E-state index in [1.165, 1.54) is 12.4 Å². The number of nitrogens with zero attached hydrogens (tertiary/aromatic N) is 4. The lowest BCUT2D eigenvalue weighted by atomic mass is 9.96. The van der Waals surface area contributed by atoms with Crippen LogP contribution in [-0.2, 0) is 17.3 Å². The second kappa shape index (κ2) is 10.8. The number of halogens is 3. The molecule has 0 radical (unpaired) electrons. The highest BCUT2D eigenvalue weighted by molar-refractivity contribution is 6.07. The van der Waals surface area contributed by atoms with Crippen LogP contribution in [0.3, 0.4) is 0 Å². The zero-order valence-corrected chi connectivity index (χ0v) is 19.9. The van der Waals surface area contributed by atoms with Crippen molar-refractivity contribution in [3.8, 4) is 0 Å². The number of ketones is 1. The largest absolute Gasteiger partial charge is 0.451 e. The number of carbonyl (C=O) groups excluding carboxylic acids is 1. The summed E-state index contributed by atoms with van der Waals surface area (Å²) in [7, 11) is 0. The molecule has 1 saturated heterocycles. The Labute approximate surface area is 202 Å². The molecule has 0 saturated carbocycles. The van der Waals surface area contributed by atoms with E-state index < -0.39 is 12.0 Å². The van der Waals surface area contributed by atoms with Gasteiger partial charge in [0.1, 0.15) is 0 Å². The number of fused-ring (bicyclic) bond motifs is 1. The maximum Gasteiger partial charge on any atom is 0.451 e. The molecular weight excluding hydrogens is 457 g/mol. The highest BCUT2D eigenvalue weighted by Gasteiger charge is 2.35. The van der Waals surface area contributed by atoms with E-state index >= 15 is 0 Å². The second-order valence-electron chi connectivity index (χ2n) is 9.24. The average Bonchev–Trinajstić information content (AvgIpc) is 2.83. The van der Waals surface area contributed by atoms with Gasteiger partial charge in [0, 0.05) is 60.2 Å². The van der Waals surface area contributed by atoms with Crippen molar-refractivity contribution in [1.29, 1.82) is 0 Å². The van der Waals surface area contributed by atoms with Crippen molar-refractivity contribution in [2.24, 2.45) is 5.92 Å². The minimum absolute atomic E-state index is 0.0277. The summed E-state index contributed by atoms with van der Waals surface area (Å²) in [6.45, 7) is 6.57. The number of ether oxygens (including phenoxy) is 1. The van der Waals surface area contributed by atoms with Crippen molar-refractivity contribution in [2.45, 2.75) is 45.3 Å². The highest BCUT2D eigenvalue weighted by Crippen LogP contribution is 2.30. The Kier molecular flexibility index (Phi) is 7.76. The van der Waals surface area contributed by atoms with Gasteiger partial charge in [-0.3, -0.25) is 14.7 Å². The van der Waals surface area contributed by atoms with Crippen molar-refractivity contribution < 1.29 is 22.7 Å². The van der Waals surface area contributed by atoms with Crippen molar-refractivity contribution >= 4 is 16.7 Å². The molecule has 1 fully saturated rings. The third-order valence-electron chi connectivity index (χ3n) is 6.15. The number of alkyl halides is 3. The van der Waals surface area contributed by atoms with Crippen molar-refractivity contribution in [3.05, 3.63) is 65.4 Å². The van der Waals surface area contributed by atoms with Gasteiger partial charge in [0.05, 0.1) is 18.7 Å². The average molecular weight is 487 g/mol. The maximum atomic E-state index is 13.3. The standard InChI is InChI=1S/C26H29F3N4O2/c1-17(2)14-19-6-7-20-21(4-3-5-22(20)32-19)24(34)9-8-23(33-10-12-35-13-11-33)18-15-30-25(31-16-18)26(27,28)29/h3-7,15-17,23H,8-14H2,1-2H3. The summed E-state index contributed by atoms with van der Waals surface area (Å²) >= 11 is 0. The summed E-state index contributed by atoms with van der Waals surface area (Å²) < 4.78 is 44.2. The molecule has 186 valence electrons. The predicted molar refractivity (Wildman–Crippen MR) is 126 cm³/mol. The van der Waals surface area contributed by atoms with Gasteiger partial charge in [-0.1, -0.05) is 32.0 Å². The molecule has 1 unspecified atom stereocenters. The van der Waals surface area contributed by atoms with E-state index in [0.29, 0.717) is 49.8 Å². The van der Waals surface area contributed by atoms with Gasteiger partial charge in [-0.15, -0.1) is 0 Å². The number of aromatic nitrogens is 3. The number of morpholine rings is 1. The molecule has 1 aromatic carbocycles. The van der Waals surface area contributed by atoms with Crippen molar-refractivity contribution in [1.82, 2.24) is 19.9 Å². The Morgan fingerprint density at radius 2 is 1.80 bits per heavy atom. The van der Waals surface area contributed by atoms with Crippen LogP contribution in [0, 0.1) is 5.92 Å². The number of hydrogen-bond acceptors (Lipinski definition) is 6. The fourth-order valence-electron chi connectivity index (χ4n) is 4.48. The second-order valence-corrected chi connectivity index (χ2v) is 9.24. The van der Waals surface area contributed by atoms with E-state index in [0.717, 1.165) is 23.0 Å². The van der Waals surface area contributed by atoms with Crippen LogP contribution in [0.2, 0.25) is 0 Å².